The molecule has 1 aromatic heterocycles. The van der Waals surface area contributed by atoms with Gasteiger partial charge in [-0.15, -0.1) is 11.6 Å². The molecule has 1 heterocycles. The summed E-state index contributed by atoms with van der Waals surface area (Å²) < 4.78 is 0. The number of fused-ring (bicyclic) bond motifs is 1. The fraction of sp³-hybridized carbons (Fsp3) is 0.500. The van der Waals surface area contributed by atoms with Gasteiger partial charge in [-0.2, -0.15) is 0 Å². The number of halogens is 1. The van der Waals surface area contributed by atoms with Crippen LogP contribution in [-0.2, 0) is 6.54 Å². The van der Waals surface area contributed by atoms with E-state index in [1.807, 2.05) is 6.07 Å². The van der Waals surface area contributed by atoms with Crippen LogP contribution in [0.4, 0.5) is 0 Å². The molecule has 1 fully saturated rings. The number of hydrogen-bond acceptors (Lipinski definition) is 2. The van der Waals surface area contributed by atoms with Gasteiger partial charge in [-0.3, -0.25) is 4.98 Å². The molecule has 0 saturated heterocycles. The molecule has 3 rings (SSSR count). The van der Waals surface area contributed by atoms with Crippen LogP contribution in [0.15, 0.2) is 36.4 Å². The van der Waals surface area contributed by atoms with Gasteiger partial charge in [0.2, 0.25) is 0 Å². The van der Waals surface area contributed by atoms with E-state index < -0.39 is 0 Å². The maximum atomic E-state index is 6.10. The Kier molecular flexibility index (Phi) is 5.10. The molecule has 1 aliphatic rings. The van der Waals surface area contributed by atoms with E-state index in [-0.39, 0.29) is 0 Å². The smallest absolute Gasteiger partial charge is 0.0705 e. The Morgan fingerprint density at radius 3 is 2.71 bits per heavy atom. The average molecular weight is 303 g/mol. The molecule has 1 N–H and O–H groups in total. The van der Waals surface area contributed by atoms with Crippen LogP contribution >= 0.6 is 11.6 Å². The molecule has 0 amide bonds. The second kappa shape index (κ2) is 7.24. The summed E-state index contributed by atoms with van der Waals surface area (Å²) in [6.07, 6.45) is 5.31. The maximum Gasteiger partial charge on any atom is 0.0705 e. The first-order chi connectivity index (χ1) is 10.4. The molecular formula is C18H23ClN2. The van der Waals surface area contributed by atoms with Gasteiger partial charge in [-0.25, -0.2) is 0 Å². The van der Waals surface area contributed by atoms with Gasteiger partial charge in [0, 0.05) is 17.8 Å². The van der Waals surface area contributed by atoms with Gasteiger partial charge in [0.15, 0.2) is 0 Å². The van der Waals surface area contributed by atoms with Crippen LogP contribution in [-0.4, -0.2) is 17.4 Å². The number of aromatic nitrogens is 1. The zero-order chi connectivity index (χ0) is 14.5. The number of nitrogens with one attached hydrogen (secondary N) is 1. The summed E-state index contributed by atoms with van der Waals surface area (Å²) in [6.45, 7) is 1.90. The van der Waals surface area contributed by atoms with E-state index in [4.69, 9.17) is 16.6 Å². The molecule has 1 saturated carbocycles. The molecule has 0 bridgehead atoms. The summed E-state index contributed by atoms with van der Waals surface area (Å²) in [5.74, 6) is 2.23. The van der Waals surface area contributed by atoms with Crippen LogP contribution in [0.1, 0.15) is 31.4 Å². The van der Waals surface area contributed by atoms with Crippen molar-refractivity contribution in [1.29, 1.82) is 0 Å². The van der Waals surface area contributed by atoms with Crippen molar-refractivity contribution in [3.63, 3.8) is 0 Å². The molecular weight excluding hydrogens is 280 g/mol. The lowest BCUT2D eigenvalue weighted by atomic mass is 9.80. The van der Waals surface area contributed by atoms with Crippen LogP contribution < -0.4 is 5.32 Å². The number of para-hydroxylation sites is 1. The van der Waals surface area contributed by atoms with Crippen molar-refractivity contribution in [3.05, 3.63) is 42.1 Å². The number of rotatable bonds is 5. The van der Waals surface area contributed by atoms with E-state index in [0.29, 0.717) is 5.92 Å². The predicted molar refractivity (Wildman–Crippen MR) is 89.6 cm³/mol. The topological polar surface area (TPSA) is 24.9 Å². The third-order valence-electron chi connectivity index (χ3n) is 4.63. The fourth-order valence-electron chi connectivity index (χ4n) is 3.35. The van der Waals surface area contributed by atoms with Crippen molar-refractivity contribution in [2.24, 2.45) is 11.8 Å². The molecule has 21 heavy (non-hydrogen) atoms. The second-order valence-electron chi connectivity index (χ2n) is 6.09. The van der Waals surface area contributed by atoms with E-state index in [1.165, 1.54) is 31.1 Å². The minimum atomic E-state index is 0.692. The summed E-state index contributed by atoms with van der Waals surface area (Å²) in [4.78, 5) is 4.71. The molecule has 112 valence electrons. The van der Waals surface area contributed by atoms with Crippen LogP contribution in [0.2, 0.25) is 0 Å². The van der Waals surface area contributed by atoms with E-state index >= 15 is 0 Å². The zero-order valence-electron chi connectivity index (χ0n) is 12.4. The molecule has 2 unspecified atom stereocenters. The second-order valence-corrected chi connectivity index (χ2v) is 6.39. The lowest BCUT2D eigenvalue weighted by Crippen LogP contribution is -2.31. The average Bonchev–Trinajstić information content (AvgIpc) is 2.55. The van der Waals surface area contributed by atoms with E-state index in [0.717, 1.165) is 36.1 Å². The lowest BCUT2D eigenvalue weighted by molar-refractivity contribution is 0.250. The minimum Gasteiger partial charge on any atom is -0.311 e. The highest BCUT2D eigenvalue weighted by atomic mass is 35.5. The molecule has 2 atom stereocenters. The Labute approximate surface area is 131 Å². The van der Waals surface area contributed by atoms with Gasteiger partial charge in [0.1, 0.15) is 0 Å². The molecule has 2 nitrogen and oxygen atoms in total. The summed E-state index contributed by atoms with van der Waals surface area (Å²) in [5.41, 5.74) is 2.19. The fourth-order valence-corrected chi connectivity index (χ4v) is 3.75. The van der Waals surface area contributed by atoms with Crippen LogP contribution in [0, 0.1) is 11.8 Å². The van der Waals surface area contributed by atoms with Crippen molar-refractivity contribution in [1.82, 2.24) is 10.3 Å². The van der Waals surface area contributed by atoms with Gasteiger partial charge in [-0.05, 0) is 43.4 Å². The number of nitrogens with zero attached hydrogens (tertiary/aromatic N) is 1. The highest BCUT2D eigenvalue weighted by molar-refractivity contribution is 6.18. The Bertz CT molecular complexity index is 584. The summed E-state index contributed by atoms with van der Waals surface area (Å²) in [7, 11) is 0. The molecule has 2 aromatic rings. The molecule has 0 radical (unpaired) electrons. The summed E-state index contributed by atoms with van der Waals surface area (Å²) in [6, 6.07) is 12.5. The highest BCUT2D eigenvalue weighted by Gasteiger charge is 2.23. The van der Waals surface area contributed by atoms with Gasteiger partial charge < -0.3 is 5.32 Å². The van der Waals surface area contributed by atoms with Gasteiger partial charge >= 0.3 is 0 Å². The largest absolute Gasteiger partial charge is 0.311 e. The first-order valence-corrected chi connectivity index (χ1v) is 8.51. The summed E-state index contributed by atoms with van der Waals surface area (Å²) in [5, 5.41) is 4.78. The van der Waals surface area contributed by atoms with E-state index in [1.54, 1.807) is 0 Å². The third kappa shape index (κ3) is 3.75. The first kappa shape index (κ1) is 14.8. The van der Waals surface area contributed by atoms with Crippen molar-refractivity contribution < 1.29 is 0 Å². The normalized spacial score (nSPS) is 22.5. The Morgan fingerprint density at radius 1 is 1.05 bits per heavy atom. The van der Waals surface area contributed by atoms with Gasteiger partial charge in [0.05, 0.1) is 11.2 Å². The van der Waals surface area contributed by atoms with Crippen LogP contribution in [0.25, 0.3) is 10.9 Å². The van der Waals surface area contributed by atoms with Crippen LogP contribution in [0.5, 0.6) is 0 Å². The Morgan fingerprint density at radius 2 is 1.86 bits per heavy atom. The maximum absolute atomic E-state index is 6.10. The first-order valence-electron chi connectivity index (χ1n) is 7.98. The third-order valence-corrected chi connectivity index (χ3v) is 5.03. The predicted octanol–water partition coefficient (Wildman–Crippen LogP) is 4.37. The van der Waals surface area contributed by atoms with E-state index in [2.05, 4.69) is 35.6 Å². The molecule has 3 heteroatoms. The Balaban J connectivity index is 1.56. The van der Waals surface area contributed by atoms with Crippen LogP contribution in [0.3, 0.4) is 0 Å². The molecule has 1 aliphatic carbocycles. The SMILES string of the molecule is ClCC1CCCCC1CNCc1ccc2ccccc2n1. The highest BCUT2D eigenvalue weighted by Crippen LogP contribution is 2.30. The molecule has 1 aromatic carbocycles. The van der Waals surface area contributed by atoms with Crippen molar-refractivity contribution in [2.45, 2.75) is 32.2 Å². The lowest BCUT2D eigenvalue weighted by Gasteiger charge is -2.30. The number of benzene rings is 1. The van der Waals surface area contributed by atoms with Gasteiger partial charge in [-0.1, -0.05) is 37.1 Å². The van der Waals surface area contributed by atoms with Crippen molar-refractivity contribution in [2.75, 3.05) is 12.4 Å². The number of alkyl halides is 1. The van der Waals surface area contributed by atoms with Gasteiger partial charge in [0.25, 0.3) is 0 Å². The Hall–Kier alpha value is -1.12. The standard InChI is InChI=1S/C18H23ClN2/c19-11-15-6-1-2-7-16(15)12-20-13-17-10-9-14-5-3-4-8-18(14)21-17/h3-5,8-10,15-16,20H,1-2,6-7,11-13H2. The van der Waals surface area contributed by atoms with Crippen molar-refractivity contribution in [3.8, 4) is 0 Å². The van der Waals surface area contributed by atoms with E-state index in [9.17, 15) is 0 Å². The zero-order valence-corrected chi connectivity index (χ0v) is 13.1. The summed E-state index contributed by atoms with van der Waals surface area (Å²) >= 11 is 6.10. The van der Waals surface area contributed by atoms with Crippen molar-refractivity contribution >= 4 is 22.5 Å². The molecule has 0 spiro atoms. The number of pyridine rings is 1. The monoisotopic (exact) mass is 302 g/mol. The minimum absolute atomic E-state index is 0.692. The molecule has 0 aliphatic heterocycles. The number of hydrogen-bond donors (Lipinski definition) is 1. The quantitative estimate of drug-likeness (QED) is 0.830.